The molecule has 0 saturated heterocycles. The van der Waals surface area contributed by atoms with Crippen molar-refractivity contribution in [2.24, 2.45) is 11.7 Å². The molecule has 1 aliphatic heterocycles. The normalized spacial score (nSPS) is 31.3. The average Bonchev–Trinajstić information content (AvgIpc) is 2.71. The topological polar surface area (TPSA) is 38.0 Å². The fourth-order valence-electron chi connectivity index (χ4n) is 1.33. The van der Waals surface area contributed by atoms with Crippen LogP contribution in [0.5, 0.6) is 0 Å². The molecule has 2 rings (SSSR count). The second kappa shape index (κ2) is 2.13. The van der Waals surface area contributed by atoms with Gasteiger partial charge in [0.25, 0.3) is 0 Å². The summed E-state index contributed by atoms with van der Waals surface area (Å²) in [6.45, 7) is 0. The highest BCUT2D eigenvalue weighted by atomic mass is 15.0. The fourth-order valence-corrected chi connectivity index (χ4v) is 1.33. The van der Waals surface area contributed by atoms with Gasteiger partial charge in [0.2, 0.25) is 0 Å². The minimum atomic E-state index is 0.0810. The summed E-state index contributed by atoms with van der Waals surface area (Å²) in [7, 11) is 0. The van der Waals surface area contributed by atoms with E-state index in [0.717, 1.165) is 5.92 Å². The Morgan fingerprint density at radius 2 is 2.30 bits per heavy atom. The molecule has 0 aromatic rings. The average molecular weight is 136 g/mol. The molecule has 1 atom stereocenters. The zero-order valence-corrected chi connectivity index (χ0v) is 5.88. The van der Waals surface area contributed by atoms with E-state index < -0.39 is 0 Å². The lowest BCUT2D eigenvalue weighted by Gasteiger charge is -2.18. The molecule has 2 nitrogen and oxygen atoms in total. The SMILES string of the molecule is NC1NC=CC=C1C1CC1. The largest absolute Gasteiger partial charge is 0.372 e. The molecule has 3 N–H and O–H groups in total. The highest BCUT2D eigenvalue weighted by molar-refractivity contribution is 5.26. The number of rotatable bonds is 1. The Kier molecular flexibility index (Phi) is 1.27. The predicted molar refractivity (Wildman–Crippen MR) is 41.1 cm³/mol. The molecule has 1 aliphatic carbocycles. The van der Waals surface area contributed by atoms with Gasteiger partial charge in [-0.25, -0.2) is 0 Å². The lowest BCUT2D eigenvalue weighted by atomic mass is 10.1. The Bertz CT molecular complexity index is 189. The molecular formula is C8H12N2. The van der Waals surface area contributed by atoms with E-state index >= 15 is 0 Å². The molecule has 1 heterocycles. The molecule has 0 aromatic heterocycles. The smallest absolute Gasteiger partial charge is 0.0967 e. The molecular weight excluding hydrogens is 124 g/mol. The minimum absolute atomic E-state index is 0.0810. The quantitative estimate of drug-likeness (QED) is 0.557. The maximum absolute atomic E-state index is 5.79. The van der Waals surface area contributed by atoms with Crippen molar-refractivity contribution in [3.63, 3.8) is 0 Å². The summed E-state index contributed by atoms with van der Waals surface area (Å²) in [6, 6.07) is 0. The predicted octanol–water partition coefficient (Wildman–Crippen LogP) is 0.724. The van der Waals surface area contributed by atoms with Gasteiger partial charge in [0.1, 0.15) is 0 Å². The molecule has 2 aliphatic rings. The van der Waals surface area contributed by atoms with Crippen molar-refractivity contribution in [2.45, 2.75) is 19.0 Å². The number of dihydropyridines is 1. The summed E-state index contributed by atoms with van der Waals surface area (Å²) in [5, 5.41) is 3.08. The summed E-state index contributed by atoms with van der Waals surface area (Å²) in [6.07, 6.45) is 8.80. The zero-order valence-electron chi connectivity index (χ0n) is 5.88. The van der Waals surface area contributed by atoms with Gasteiger partial charge in [-0.15, -0.1) is 0 Å². The number of hydrogen-bond acceptors (Lipinski definition) is 2. The number of hydrogen-bond donors (Lipinski definition) is 2. The van der Waals surface area contributed by atoms with Crippen LogP contribution in [0.15, 0.2) is 23.9 Å². The molecule has 1 fully saturated rings. The maximum atomic E-state index is 5.79. The van der Waals surface area contributed by atoms with Crippen LogP contribution in [0.25, 0.3) is 0 Å². The first kappa shape index (κ1) is 5.98. The van der Waals surface area contributed by atoms with Gasteiger partial charge in [-0.1, -0.05) is 6.08 Å². The third kappa shape index (κ3) is 0.948. The fraction of sp³-hybridized carbons (Fsp3) is 0.500. The molecule has 0 spiro atoms. The van der Waals surface area contributed by atoms with Crippen LogP contribution in [0.3, 0.4) is 0 Å². The summed E-state index contributed by atoms with van der Waals surface area (Å²) < 4.78 is 0. The van der Waals surface area contributed by atoms with Gasteiger partial charge in [-0.2, -0.15) is 0 Å². The first-order chi connectivity index (χ1) is 4.88. The van der Waals surface area contributed by atoms with Gasteiger partial charge in [0.15, 0.2) is 0 Å². The Labute approximate surface area is 60.8 Å². The molecule has 1 unspecified atom stereocenters. The van der Waals surface area contributed by atoms with Crippen molar-refractivity contribution >= 4 is 0 Å². The lowest BCUT2D eigenvalue weighted by Crippen LogP contribution is -2.37. The van der Waals surface area contributed by atoms with Crippen molar-refractivity contribution in [3.05, 3.63) is 23.9 Å². The van der Waals surface area contributed by atoms with Crippen LogP contribution in [-0.4, -0.2) is 6.17 Å². The molecule has 0 radical (unpaired) electrons. The summed E-state index contributed by atoms with van der Waals surface area (Å²) >= 11 is 0. The Hall–Kier alpha value is -0.760. The van der Waals surface area contributed by atoms with Crippen LogP contribution in [0.4, 0.5) is 0 Å². The number of nitrogens with one attached hydrogen (secondary N) is 1. The van der Waals surface area contributed by atoms with Crippen LogP contribution < -0.4 is 11.1 Å². The van der Waals surface area contributed by atoms with Gasteiger partial charge in [-0.3, -0.25) is 0 Å². The maximum Gasteiger partial charge on any atom is 0.0967 e. The second-order valence-electron chi connectivity index (χ2n) is 2.94. The van der Waals surface area contributed by atoms with E-state index in [9.17, 15) is 0 Å². The van der Waals surface area contributed by atoms with Gasteiger partial charge in [-0.05, 0) is 36.6 Å². The van der Waals surface area contributed by atoms with Crippen LogP contribution >= 0.6 is 0 Å². The van der Waals surface area contributed by atoms with Gasteiger partial charge in [0.05, 0.1) is 6.17 Å². The van der Waals surface area contributed by atoms with Gasteiger partial charge in [0, 0.05) is 0 Å². The first-order valence-corrected chi connectivity index (χ1v) is 3.76. The summed E-state index contributed by atoms with van der Waals surface area (Å²) in [4.78, 5) is 0. The van der Waals surface area contributed by atoms with Crippen LogP contribution in [0.2, 0.25) is 0 Å². The van der Waals surface area contributed by atoms with E-state index in [4.69, 9.17) is 5.73 Å². The zero-order chi connectivity index (χ0) is 6.97. The monoisotopic (exact) mass is 136 g/mol. The Morgan fingerprint density at radius 1 is 1.50 bits per heavy atom. The van der Waals surface area contributed by atoms with E-state index in [1.54, 1.807) is 0 Å². The highest BCUT2D eigenvalue weighted by Gasteiger charge is 2.29. The van der Waals surface area contributed by atoms with Crippen LogP contribution in [0.1, 0.15) is 12.8 Å². The first-order valence-electron chi connectivity index (χ1n) is 3.76. The molecule has 2 heteroatoms. The third-order valence-electron chi connectivity index (χ3n) is 2.07. The van der Waals surface area contributed by atoms with E-state index in [2.05, 4.69) is 11.4 Å². The van der Waals surface area contributed by atoms with Crippen LogP contribution in [-0.2, 0) is 0 Å². The van der Waals surface area contributed by atoms with Crippen molar-refractivity contribution in [2.75, 3.05) is 0 Å². The molecule has 0 aromatic carbocycles. The summed E-state index contributed by atoms with van der Waals surface area (Å²) in [5.41, 5.74) is 7.17. The molecule has 1 saturated carbocycles. The molecule has 0 bridgehead atoms. The molecule has 54 valence electrons. The number of nitrogens with two attached hydrogens (primary N) is 1. The third-order valence-corrected chi connectivity index (χ3v) is 2.07. The lowest BCUT2D eigenvalue weighted by molar-refractivity contribution is 0.647. The molecule has 10 heavy (non-hydrogen) atoms. The van der Waals surface area contributed by atoms with E-state index in [1.807, 2.05) is 12.3 Å². The second-order valence-corrected chi connectivity index (χ2v) is 2.94. The molecule has 0 amide bonds. The van der Waals surface area contributed by atoms with Crippen molar-refractivity contribution in [1.29, 1.82) is 0 Å². The summed E-state index contributed by atoms with van der Waals surface area (Å²) in [5.74, 6) is 0.785. The number of allylic oxidation sites excluding steroid dienone is 2. The van der Waals surface area contributed by atoms with Crippen molar-refractivity contribution in [3.8, 4) is 0 Å². The minimum Gasteiger partial charge on any atom is -0.372 e. The van der Waals surface area contributed by atoms with E-state index in [1.165, 1.54) is 18.4 Å². The standard InChI is InChI=1S/C8H12N2/c9-8-7(6-3-4-6)2-1-5-10-8/h1-2,5-6,8,10H,3-4,9H2. The van der Waals surface area contributed by atoms with Crippen LogP contribution in [0, 0.1) is 5.92 Å². The van der Waals surface area contributed by atoms with Crippen molar-refractivity contribution < 1.29 is 0 Å². The Morgan fingerprint density at radius 3 is 2.90 bits per heavy atom. The van der Waals surface area contributed by atoms with E-state index in [-0.39, 0.29) is 6.17 Å². The van der Waals surface area contributed by atoms with E-state index in [0.29, 0.717) is 0 Å². The van der Waals surface area contributed by atoms with Gasteiger partial charge < -0.3 is 11.1 Å². The van der Waals surface area contributed by atoms with Crippen molar-refractivity contribution in [1.82, 2.24) is 5.32 Å². The van der Waals surface area contributed by atoms with Gasteiger partial charge >= 0.3 is 0 Å². The highest BCUT2D eigenvalue weighted by Crippen LogP contribution is 2.37. The Balaban J connectivity index is 2.14.